The van der Waals surface area contributed by atoms with Gasteiger partial charge in [-0.05, 0) is 51.0 Å². The number of hydrogen-bond donors (Lipinski definition) is 0. The van der Waals surface area contributed by atoms with Crippen molar-refractivity contribution in [2.75, 3.05) is 30.8 Å². The second-order valence-electron chi connectivity index (χ2n) is 11.2. The van der Waals surface area contributed by atoms with Crippen molar-refractivity contribution >= 4 is 46.0 Å². The van der Waals surface area contributed by atoms with Crippen LogP contribution in [-0.2, 0) is 15.9 Å². The van der Waals surface area contributed by atoms with Gasteiger partial charge in [-0.1, -0.05) is 53.7 Å². The van der Waals surface area contributed by atoms with Crippen LogP contribution < -0.4 is 4.90 Å². The number of anilines is 1. The molecule has 2 aliphatic rings. The fraction of sp³-hybridized carbons (Fsp3) is 0.467. The van der Waals surface area contributed by atoms with Crippen molar-refractivity contribution in [2.24, 2.45) is 0 Å². The molecule has 0 bridgehead atoms. The van der Waals surface area contributed by atoms with Crippen molar-refractivity contribution in [3.8, 4) is 6.07 Å². The molecule has 2 aliphatic heterocycles. The van der Waals surface area contributed by atoms with Gasteiger partial charge in [0, 0.05) is 42.0 Å². The number of aromatic nitrogens is 2. The predicted molar refractivity (Wildman–Crippen MR) is 158 cm³/mol. The Morgan fingerprint density at radius 3 is 2.67 bits per heavy atom. The van der Waals surface area contributed by atoms with E-state index in [0.717, 1.165) is 33.4 Å². The molecular weight excluding hydrogens is 546 g/mol. The molecule has 8 nitrogen and oxygen atoms in total. The molecule has 3 atom stereocenters. The molecular formula is C30H34ClN5O3S. The minimum atomic E-state index is -0.609. The number of benzene rings is 2. The quantitative estimate of drug-likeness (QED) is 0.248. The average molecular weight is 580 g/mol. The molecule has 0 spiro atoms. The number of carbonyl (C=O) groups excluding carboxylic acids is 1. The Labute approximate surface area is 244 Å². The summed E-state index contributed by atoms with van der Waals surface area (Å²) in [7, 11) is 0. The molecule has 210 valence electrons. The Balaban J connectivity index is 1.48. The number of hydrogen-bond acceptors (Lipinski definition) is 8. The van der Waals surface area contributed by atoms with Crippen LogP contribution in [0.25, 0.3) is 10.8 Å². The van der Waals surface area contributed by atoms with E-state index in [4.69, 9.17) is 31.0 Å². The van der Waals surface area contributed by atoms with Crippen molar-refractivity contribution in [3.05, 3.63) is 58.2 Å². The fourth-order valence-corrected chi connectivity index (χ4v) is 6.26. The number of fused-ring (bicyclic) bond motifs is 2. The third-order valence-electron chi connectivity index (χ3n) is 7.29. The largest absolute Gasteiger partial charge is 0.444 e. The molecule has 0 aliphatic carbocycles. The number of piperazine rings is 1. The summed E-state index contributed by atoms with van der Waals surface area (Å²) in [5, 5.41) is 13.0. The smallest absolute Gasteiger partial charge is 0.410 e. The first-order valence-electron chi connectivity index (χ1n) is 13.5. The highest BCUT2D eigenvalue weighted by Crippen LogP contribution is 2.44. The summed E-state index contributed by atoms with van der Waals surface area (Å²) in [6.45, 7) is 9.04. The molecule has 0 N–H and O–H groups in total. The van der Waals surface area contributed by atoms with Gasteiger partial charge >= 0.3 is 6.09 Å². The van der Waals surface area contributed by atoms with Crippen LogP contribution in [0.1, 0.15) is 63.1 Å². The summed E-state index contributed by atoms with van der Waals surface area (Å²) in [4.78, 5) is 26.6. The van der Waals surface area contributed by atoms with Crippen LogP contribution in [0.2, 0.25) is 5.02 Å². The number of nitriles is 1. The van der Waals surface area contributed by atoms with E-state index in [1.54, 1.807) is 4.90 Å². The fourth-order valence-electron chi connectivity index (χ4n) is 5.59. The van der Waals surface area contributed by atoms with Crippen molar-refractivity contribution in [2.45, 2.75) is 69.5 Å². The second kappa shape index (κ2) is 11.4. The van der Waals surface area contributed by atoms with Crippen LogP contribution in [0.3, 0.4) is 0 Å². The lowest BCUT2D eigenvalue weighted by Gasteiger charge is -2.43. The lowest BCUT2D eigenvalue weighted by atomic mass is 9.92. The zero-order chi connectivity index (χ0) is 28.6. The molecule has 1 aromatic heterocycles. The molecule has 3 heterocycles. The highest BCUT2D eigenvalue weighted by Gasteiger charge is 2.38. The highest BCUT2D eigenvalue weighted by atomic mass is 35.5. The molecule has 5 rings (SSSR count). The molecule has 40 heavy (non-hydrogen) atoms. The predicted octanol–water partition coefficient (Wildman–Crippen LogP) is 6.72. The first kappa shape index (κ1) is 28.5. The van der Waals surface area contributed by atoms with Gasteiger partial charge in [0.2, 0.25) is 0 Å². The Bertz CT molecular complexity index is 1460. The van der Waals surface area contributed by atoms with Gasteiger partial charge in [0.1, 0.15) is 11.4 Å². The Hall–Kier alpha value is -3.06. The molecule has 1 amide bonds. The molecule has 1 saturated heterocycles. The first-order chi connectivity index (χ1) is 19.1. The lowest BCUT2D eigenvalue weighted by Crippen LogP contribution is -2.56. The summed E-state index contributed by atoms with van der Waals surface area (Å²) in [6.07, 6.45) is 1.89. The highest BCUT2D eigenvalue weighted by molar-refractivity contribution is 7.98. The zero-order valence-corrected chi connectivity index (χ0v) is 25.1. The van der Waals surface area contributed by atoms with Gasteiger partial charge in [0.15, 0.2) is 5.16 Å². The van der Waals surface area contributed by atoms with Crippen LogP contribution in [-0.4, -0.2) is 58.5 Å². The number of halogens is 1. The maximum absolute atomic E-state index is 12.9. The number of nitrogens with zero attached hydrogens (tertiary/aromatic N) is 5. The topological polar surface area (TPSA) is 91.6 Å². The van der Waals surface area contributed by atoms with Crippen LogP contribution in [0, 0.1) is 11.3 Å². The number of ether oxygens (including phenoxy) is 2. The summed E-state index contributed by atoms with van der Waals surface area (Å²) in [6, 6.07) is 14.0. The molecule has 2 unspecified atom stereocenters. The molecule has 0 saturated carbocycles. The number of thioether (sulfide) groups is 1. The SMILES string of the molecule is CSc1nc2c(c(N3CCN(C(=O)OC(C)(C)C)[C@@H](CC#N)C3)n1)C(C)OC(c1cccc3cccc(Cl)c13)C2. The van der Waals surface area contributed by atoms with Crippen molar-refractivity contribution in [3.63, 3.8) is 0 Å². The lowest BCUT2D eigenvalue weighted by molar-refractivity contribution is -0.0180. The van der Waals surface area contributed by atoms with Crippen molar-refractivity contribution in [1.82, 2.24) is 14.9 Å². The molecule has 3 aromatic rings. The van der Waals surface area contributed by atoms with Gasteiger partial charge in [-0.3, -0.25) is 0 Å². The van der Waals surface area contributed by atoms with Gasteiger partial charge in [-0.25, -0.2) is 14.8 Å². The maximum atomic E-state index is 12.9. The Morgan fingerprint density at radius 1 is 1.23 bits per heavy atom. The first-order valence-corrected chi connectivity index (χ1v) is 15.1. The van der Waals surface area contributed by atoms with Crippen LogP contribution in [0.5, 0.6) is 0 Å². The molecule has 1 fully saturated rings. The van der Waals surface area contributed by atoms with E-state index < -0.39 is 11.7 Å². The monoisotopic (exact) mass is 579 g/mol. The summed E-state index contributed by atoms with van der Waals surface area (Å²) < 4.78 is 12.3. The van der Waals surface area contributed by atoms with E-state index in [0.29, 0.717) is 36.2 Å². The van der Waals surface area contributed by atoms with Crippen LogP contribution in [0.4, 0.5) is 10.6 Å². The van der Waals surface area contributed by atoms with Crippen LogP contribution in [0.15, 0.2) is 41.6 Å². The third kappa shape index (κ3) is 5.71. The summed E-state index contributed by atoms with van der Waals surface area (Å²) >= 11 is 8.15. The minimum Gasteiger partial charge on any atom is -0.444 e. The minimum absolute atomic E-state index is 0.203. The van der Waals surface area contributed by atoms with Gasteiger partial charge in [0.05, 0.1) is 36.4 Å². The summed E-state index contributed by atoms with van der Waals surface area (Å²) in [5.41, 5.74) is 2.35. The van der Waals surface area contributed by atoms with Gasteiger partial charge in [-0.15, -0.1) is 0 Å². The van der Waals surface area contributed by atoms with Crippen molar-refractivity contribution in [1.29, 1.82) is 5.26 Å². The number of amides is 1. The van der Waals surface area contributed by atoms with Crippen LogP contribution >= 0.6 is 23.4 Å². The number of carbonyl (C=O) groups is 1. The standard InChI is InChI=1S/C30H34ClN5O3S/c1-18-25-23(16-24(38-18)21-10-6-8-19-9-7-11-22(31)26(19)21)33-28(40-5)34-27(25)35-14-15-36(20(17-35)12-13-32)29(37)39-30(2,3)4/h6-11,18,20,24H,12,14-17H2,1-5H3/t18?,20-,24?/m0/s1. The van der Waals surface area contributed by atoms with E-state index in [-0.39, 0.29) is 24.7 Å². The average Bonchev–Trinajstić information content (AvgIpc) is 2.91. The van der Waals surface area contributed by atoms with Gasteiger partial charge < -0.3 is 19.3 Å². The van der Waals surface area contributed by atoms with E-state index in [1.807, 2.05) is 52.1 Å². The molecule has 10 heteroatoms. The van der Waals surface area contributed by atoms with E-state index in [9.17, 15) is 10.1 Å². The maximum Gasteiger partial charge on any atom is 0.410 e. The molecule has 0 radical (unpaired) electrons. The van der Waals surface area contributed by atoms with Gasteiger partial charge in [-0.2, -0.15) is 5.26 Å². The van der Waals surface area contributed by atoms with Gasteiger partial charge in [0.25, 0.3) is 0 Å². The number of rotatable bonds is 4. The molecule has 2 aromatic carbocycles. The van der Waals surface area contributed by atoms with Crippen molar-refractivity contribution < 1.29 is 14.3 Å². The Morgan fingerprint density at radius 2 is 1.98 bits per heavy atom. The van der Waals surface area contributed by atoms with E-state index in [1.165, 1.54) is 11.8 Å². The Kier molecular flexibility index (Phi) is 8.14. The second-order valence-corrected chi connectivity index (χ2v) is 12.4. The van der Waals surface area contributed by atoms with E-state index in [2.05, 4.69) is 29.2 Å². The summed E-state index contributed by atoms with van der Waals surface area (Å²) in [5.74, 6) is 0.808. The third-order valence-corrected chi connectivity index (χ3v) is 8.15. The van der Waals surface area contributed by atoms with E-state index >= 15 is 0 Å². The normalized spacial score (nSPS) is 21.2. The zero-order valence-electron chi connectivity index (χ0n) is 23.5.